The van der Waals surface area contributed by atoms with E-state index < -0.39 is 0 Å². The van der Waals surface area contributed by atoms with Crippen LogP contribution in [0.15, 0.2) is 30.5 Å². The van der Waals surface area contributed by atoms with Crippen molar-refractivity contribution in [3.63, 3.8) is 0 Å². The molecule has 4 heteroatoms. The molecule has 2 aromatic rings. The lowest BCUT2D eigenvalue weighted by Gasteiger charge is -2.21. The van der Waals surface area contributed by atoms with Gasteiger partial charge in [-0.15, -0.1) is 0 Å². The Morgan fingerprint density at radius 3 is 3.14 bits per heavy atom. The number of hydrogen-bond acceptors (Lipinski definition) is 3. The standard InChI is InChI=1S/C17H20N2O2/c1-2-21-17(20)10-12-6-8-13(9-7-12)14-4-3-5-16-15(14)11-18-19-16/h3-5,8,11-12H,2,6-7,9-10H2,1H3,(H,18,19). The highest BCUT2D eigenvalue weighted by Gasteiger charge is 2.20. The molecule has 1 heterocycles. The summed E-state index contributed by atoms with van der Waals surface area (Å²) in [6.45, 7) is 2.32. The molecular weight excluding hydrogens is 264 g/mol. The SMILES string of the molecule is CCOC(=O)CC1CC=C(c2cccc3[nH]ncc23)CC1. The molecule has 0 aliphatic heterocycles. The lowest BCUT2D eigenvalue weighted by molar-refractivity contribution is -0.144. The highest BCUT2D eigenvalue weighted by Crippen LogP contribution is 2.34. The van der Waals surface area contributed by atoms with E-state index in [1.165, 1.54) is 16.5 Å². The smallest absolute Gasteiger partial charge is 0.306 e. The first-order valence-corrected chi connectivity index (χ1v) is 7.55. The monoisotopic (exact) mass is 284 g/mol. The van der Waals surface area contributed by atoms with Crippen LogP contribution in [0.25, 0.3) is 16.5 Å². The van der Waals surface area contributed by atoms with Gasteiger partial charge >= 0.3 is 5.97 Å². The van der Waals surface area contributed by atoms with E-state index in [0.717, 1.165) is 24.8 Å². The van der Waals surface area contributed by atoms with Gasteiger partial charge in [-0.25, -0.2) is 0 Å². The van der Waals surface area contributed by atoms with Crippen LogP contribution >= 0.6 is 0 Å². The predicted octanol–water partition coefficient (Wildman–Crippen LogP) is 3.70. The number of ether oxygens (including phenoxy) is 1. The number of carbonyl (C=O) groups is 1. The molecular formula is C17H20N2O2. The van der Waals surface area contributed by atoms with Gasteiger partial charge in [-0.2, -0.15) is 5.10 Å². The molecule has 0 radical (unpaired) electrons. The number of hydrogen-bond donors (Lipinski definition) is 1. The van der Waals surface area contributed by atoms with Crippen LogP contribution in [-0.2, 0) is 9.53 Å². The number of fused-ring (bicyclic) bond motifs is 1. The summed E-state index contributed by atoms with van der Waals surface area (Å²) in [5, 5.41) is 8.30. The molecule has 110 valence electrons. The molecule has 0 amide bonds. The first-order chi connectivity index (χ1) is 10.3. The van der Waals surface area contributed by atoms with Gasteiger partial charge < -0.3 is 4.74 Å². The van der Waals surface area contributed by atoms with Crippen LogP contribution in [0.3, 0.4) is 0 Å². The van der Waals surface area contributed by atoms with Crippen molar-refractivity contribution in [3.8, 4) is 0 Å². The summed E-state index contributed by atoms with van der Waals surface area (Å²) >= 11 is 0. The summed E-state index contributed by atoms with van der Waals surface area (Å²) in [7, 11) is 0. The zero-order chi connectivity index (χ0) is 14.7. The van der Waals surface area contributed by atoms with Gasteiger partial charge in [0.25, 0.3) is 0 Å². The zero-order valence-corrected chi connectivity index (χ0v) is 12.3. The lowest BCUT2D eigenvalue weighted by atomic mass is 9.84. The summed E-state index contributed by atoms with van der Waals surface area (Å²) in [6.07, 6.45) is 7.69. The maximum atomic E-state index is 11.5. The van der Waals surface area contributed by atoms with E-state index in [1.54, 1.807) is 0 Å². The number of esters is 1. The highest BCUT2D eigenvalue weighted by atomic mass is 16.5. The Kier molecular flexibility index (Phi) is 4.04. The molecule has 4 nitrogen and oxygen atoms in total. The third-order valence-electron chi connectivity index (χ3n) is 4.11. The molecule has 0 saturated heterocycles. The number of benzene rings is 1. The number of allylic oxidation sites excluding steroid dienone is 2. The third-order valence-corrected chi connectivity index (χ3v) is 4.11. The first-order valence-electron chi connectivity index (χ1n) is 7.55. The van der Waals surface area contributed by atoms with Gasteiger partial charge in [-0.1, -0.05) is 18.2 Å². The summed E-state index contributed by atoms with van der Waals surface area (Å²) in [6, 6.07) is 6.25. The van der Waals surface area contributed by atoms with Gasteiger partial charge in [-0.05, 0) is 49.3 Å². The average Bonchev–Trinajstić information content (AvgIpc) is 2.97. The van der Waals surface area contributed by atoms with Crippen molar-refractivity contribution in [1.29, 1.82) is 0 Å². The van der Waals surface area contributed by atoms with Crippen molar-refractivity contribution >= 4 is 22.4 Å². The molecule has 1 N–H and O–H groups in total. The van der Waals surface area contributed by atoms with Crippen LogP contribution in [0.1, 0.15) is 38.2 Å². The number of H-pyrrole nitrogens is 1. The fraction of sp³-hybridized carbons (Fsp3) is 0.412. The van der Waals surface area contributed by atoms with Crippen LogP contribution in [-0.4, -0.2) is 22.8 Å². The molecule has 0 spiro atoms. The van der Waals surface area contributed by atoms with Crippen LogP contribution in [0.5, 0.6) is 0 Å². The summed E-state index contributed by atoms with van der Waals surface area (Å²) in [4.78, 5) is 11.5. The molecule has 1 unspecified atom stereocenters. The second-order valence-corrected chi connectivity index (χ2v) is 5.52. The van der Waals surface area contributed by atoms with Crippen molar-refractivity contribution in [2.45, 2.75) is 32.6 Å². The van der Waals surface area contributed by atoms with E-state index in [9.17, 15) is 4.79 Å². The lowest BCUT2D eigenvalue weighted by Crippen LogP contribution is -2.13. The second-order valence-electron chi connectivity index (χ2n) is 5.52. The Labute approximate surface area is 124 Å². The molecule has 1 aromatic heterocycles. The molecule has 3 rings (SSSR count). The summed E-state index contributed by atoms with van der Waals surface area (Å²) in [5.74, 6) is 0.340. The minimum Gasteiger partial charge on any atom is -0.466 e. The van der Waals surface area contributed by atoms with Gasteiger partial charge in [0.1, 0.15) is 0 Å². The van der Waals surface area contributed by atoms with Crippen LogP contribution in [0.4, 0.5) is 0 Å². The number of nitrogens with one attached hydrogen (secondary N) is 1. The second kappa shape index (κ2) is 6.12. The number of aromatic amines is 1. The van der Waals surface area contributed by atoms with Gasteiger partial charge in [0.15, 0.2) is 0 Å². The average molecular weight is 284 g/mol. The van der Waals surface area contributed by atoms with E-state index >= 15 is 0 Å². The first kappa shape index (κ1) is 13.9. The van der Waals surface area contributed by atoms with Crippen molar-refractivity contribution in [3.05, 3.63) is 36.0 Å². The number of rotatable bonds is 4. The Balaban J connectivity index is 1.73. The quantitative estimate of drug-likeness (QED) is 0.871. The molecule has 0 bridgehead atoms. The van der Waals surface area contributed by atoms with Crippen LogP contribution in [0, 0.1) is 5.92 Å². The molecule has 1 aromatic carbocycles. The molecule has 0 saturated carbocycles. The maximum Gasteiger partial charge on any atom is 0.306 e. The summed E-state index contributed by atoms with van der Waals surface area (Å²) < 4.78 is 5.03. The topological polar surface area (TPSA) is 55.0 Å². The third kappa shape index (κ3) is 2.99. The predicted molar refractivity (Wildman–Crippen MR) is 82.7 cm³/mol. The van der Waals surface area contributed by atoms with E-state index in [1.807, 2.05) is 19.2 Å². The highest BCUT2D eigenvalue weighted by molar-refractivity contribution is 5.91. The van der Waals surface area contributed by atoms with E-state index in [2.05, 4.69) is 28.4 Å². The van der Waals surface area contributed by atoms with E-state index in [-0.39, 0.29) is 5.97 Å². The number of nitrogens with zero attached hydrogens (tertiary/aromatic N) is 1. The van der Waals surface area contributed by atoms with Gasteiger partial charge in [0.05, 0.1) is 18.3 Å². The maximum absolute atomic E-state index is 11.5. The van der Waals surface area contributed by atoms with Crippen LogP contribution < -0.4 is 0 Å². The van der Waals surface area contributed by atoms with E-state index in [4.69, 9.17) is 4.74 Å². The Hall–Kier alpha value is -2.10. The summed E-state index contributed by atoms with van der Waals surface area (Å²) in [5.41, 5.74) is 3.69. The normalized spacial score (nSPS) is 18.5. The minimum absolute atomic E-state index is 0.0729. The van der Waals surface area contributed by atoms with E-state index in [0.29, 0.717) is 18.9 Å². The van der Waals surface area contributed by atoms with Gasteiger partial charge in [-0.3, -0.25) is 9.89 Å². The van der Waals surface area contributed by atoms with Gasteiger partial charge in [0.2, 0.25) is 0 Å². The Bertz CT molecular complexity index is 672. The largest absolute Gasteiger partial charge is 0.466 e. The minimum atomic E-state index is -0.0729. The molecule has 21 heavy (non-hydrogen) atoms. The Morgan fingerprint density at radius 1 is 1.48 bits per heavy atom. The fourth-order valence-electron chi connectivity index (χ4n) is 3.02. The van der Waals surface area contributed by atoms with Crippen molar-refractivity contribution in [2.24, 2.45) is 5.92 Å². The van der Waals surface area contributed by atoms with Crippen LogP contribution in [0.2, 0.25) is 0 Å². The molecule has 0 fully saturated rings. The number of aromatic nitrogens is 2. The van der Waals surface area contributed by atoms with Crippen molar-refractivity contribution in [2.75, 3.05) is 6.61 Å². The van der Waals surface area contributed by atoms with Gasteiger partial charge in [0, 0.05) is 11.8 Å². The molecule has 1 aliphatic rings. The fourth-order valence-corrected chi connectivity index (χ4v) is 3.02. The number of carbonyl (C=O) groups excluding carboxylic acids is 1. The molecule has 1 aliphatic carbocycles. The van der Waals surface area contributed by atoms with Crippen molar-refractivity contribution < 1.29 is 9.53 Å². The molecule has 1 atom stereocenters. The Morgan fingerprint density at radius 2 is 2.38 bits per heavy atom. The van der Waals surface area contributed by atoms with Crippen molar-refractivity contribution in [1.82, 2.24) is 10.2 Å². The zero-order valence-electron chi connectivity index (χ0n) is 12.3.